The van der Waals surface area contributed by atoms with Crippen molar-refractivity contribution in [2.75, 3.05) is 39.9 Å². The lowest BCUT2D eigenvalue weighted by Gasteiger charge is -2.31. The molecule has 0 spiro atoms. The fraction of sp³-hybridized carbons (Fsp3) is 1.00. The molecule has 1 aliphatic heterocycles. The van der Waals surface area contributed by atoms with Crippen LogP contribution in [0.3, 0.4) is 0 Å². The molecule has 0 amide bonds. The van der Waals surface area contributed by atoms with Gasteiger partial charge < -0.3 is 15.0 Å². The highest BCUT2D eigenvalue weighted by Crippen LogP contribution is 2.17. The Morgan fingerprint density at radius 2 is 2.00 bits per heavy atom. The molecule has 0 saturated carbocycles. The van der Waals surface area contributed by atoms with Crippen molar-refractivity contribution in [2.45, 2.75) is 39.2 Å². The third kappa shape index (κ3) is 5.83. The first-order chi connectivity index (χ1) is 7.72. The third-order valence-electron chi connectivity index (χ3n) is 3.31. The van der Waals surface area contributed by atoms with E-state index in [0.717, 1.165) is 19.1 Å². The highest BCUT2D eigenvalue weighted by Gasteiger charge is 2.18. The van der Waals surface area contributed by atoms with Gasteiger partial charge in [-0.15, -0.1) is 0 Å². The standard InChI is InChI=1S/C13H28N2O/c1-12(2)14-7-4-8-15-9-5-13(6-10-15)11-16-3/h12-14H,4-11H2,1-3H3. The number of hydrogen-bond donors (Lipinski definition) is 1. The molecule has 0 aromatic carbocycles. The van der Waals surface area contributed by atoms with E-state index < -0.39 is 0 Å². The van der Waals surface area contributed by atoms with E-state index in [2.05, 4.69) is 24.1 Å². The van der Waals surface area contributed by atoms with E-state index in [0.29, 0.717) is 6.04 Å². The summed E-state index contributed by atoms with van der Waals surface area (Å²) in [4.78, 5) is 2.59. The van der Waals surface area contributed by atoms with E-state index in [4.69, 9.17) is 4.74 Å². The average molecular weight is 228 g/mol. The number of nitrogens with zero attached hydrogens (tertiary/aromatic N) is 1. The van der Waals surface area contributed by atoms with Crippen LogP contribution < -0.4 is 5.32 Å². The van der Waals surface area contributed by atoms with Gasteiger partial charge in [-0.3, -0.25) is 0 Å². The van der Waals surface area contributed by atoms with Crippen molar-refractivity contribution in [2.24, 2.45) is 5.92 Å². The van der Waals surface area contributed by atoms with Crippen LogP contribution in [0.5, 0.6) is 0 Å². The maximum Gasteiger partial charge on any atom is 0.0491 e. The minimum Gasteiger partial charge on any atom is -0.384 e. The molecule has 0 unspecified atom stereocenters. The summed E-state index contributed by atoms with van der Waals surface area (Å²) >= 11 is 0. The molecule has 1 N–H and O–H groups in total. The summed E-state index contributed by atoms with van der Waals surface area (Å²) in [7, 11) is 1.81. The van der Waals surface area contributed by atoms with Crippen molar-refractivity contribution in [1.29, 1.82) is 0 Å². The molecule has 1 fully saturated rings. The largest absolute Gasteiger partial charge is 0.384 e. The Bertz CT molecular complexity index is 165. The Morgan fingerprint density at radius 1 is 1.31 bits per heavy atom. The molecule has 1 aliphatic rings. The smallest absolute Gasteiger partial charge is 0.0491 e. The predicted molar refractivity (Wildman–Crippen MR) is 68.8 cm³/mol. The number of methoxy groups -OCH3 is 1. The van der Waals surface area contributed by atoms with Crippen LogP contribution in [0.1, 0.15) is 33.1 Å². The van der Waals surface area contributed by atoms with Crippen LogP contribution in [0, 0.1) is 5.92 Å². The van der Waals surface area contributed by atoms with E-state index in [1.54, 1.807) is 0 Å². The molecule has 0 aromatic rings. The van der Waals surface area contributed by atoms with E-state index in [1.807, 2.05) is 7.11 Å². The molecule has 1 heterocycles. The SMILES string of the molecule is COCC1CCN(CCCNC(C)C)CC1. The lowest BCUT2D eigenvalue weighted by atomic mass is 9.98. The molecule has 1 saturated heterocycles. The lowest BCUT2D eigenvalue weighted by molar-refractivity contribution is 0.0990. The summed E-state index contributed by atoms with van der Waals surface area (Å²) < 4.78 is 5.21. The van der Waals surface area contributed by atoms with E-state index in [-0.39, 0.29) is 0 Å². The van der Waals surface area contributed by atoms with Gasteiger partial charge in [0.05, 0.1) is 0 Å². The molecule has 0 atom stereocenters. The Hall–Kier alpha value is -0.120. The maximum absolute atomic E-state index is 5.21. The van der Waals surface area contributed by atoms with Crippen LogP contribution >= 0.6 is 0 Å². The molecule has 0 aliphatic carbocycles. The molecule has 0 radical (unpaired) electrons. The number of likely N-dealkylation sites (tertiary alicyclic amines) is 1. The second kappa shape index (κ2) is 8.04. The van der Waals surface area contributed by atoms with Crippen LogP contribution in [0.25, 0.3) is 0 Å². The van der Waals surface area contributed by atoms with E-state index in [9.17, 15) is 0 Å². The van der Waals surface area contributed by atoms with Crippen LogP contribution in [0.4, 0.5) is 0 Å². The van der Waals surface area contributed by atoms with Gasteiger partial charge in [-0.05, 0) is 51.4 Å². The van der Waals surface area contributed by atoms with Gasteiger partial charge in [0.25, 0.3) is 0 Å². The fourth-order valence-corrected chi connectivity index (χ4v) is 2.31. The molecule has 3 nitrogen and oxygen atoms in total. The molecule has 0 aromatic heterocycles. The first-order valence-corrected chi connectivity index (χ1v) is 6.67. The highest BCUT2D eigenvalue weighted by atomic mass is 16.5. The molecule has 96 valence electrons. The second-order valence-corrected chi connectivity index (χ2v) is 5.20. The van der Waals surface area contributed by atoms with Crippen molar-refractivity contribution >= 4 is 0 Å². The molecule has 3 heteroatoms. The van der Waals surface area contributed by atoms with Gasteiger partial charge in [0, 0.05) is 19.8 Å². The van der Waals surface area contributed by atoms with Crippen LogP contribution in [0.15, 0.2) is 0 Å². The first kappa shape index (κ1) is 13.9. The monoisotopic (exact) mass is 228 g/mol. The van der Waals surface area contributed by atoms with Crippen LogP contribution in [0.2, 0.25) is 0 Å². The predicted octanol–water partition coefficient (Wildman–Crippen LogP) is 1.73. The maximum atomic E-state index is 5.21. The minimum absolute atomic E-state index is 0.618. The molecule has 16 heavy (non-hydrogen) atoms. The van der Waals surface area contributed by atoms with Crippen molar-refractivity contribution in [3.63, 3.8) is 0 Å². The quantitative estimate of drug-likeness (QED) is 0.672. The number of hydrogen-bond acceptors (Lipinski definition) is 3. The van der Waals surface area contributed by atoms with Gasteiger partial charge in [-0.25, -0.2) is 0 Å². The van der Waals surface area contributed by atoms with Crippen molar-refractivity contribution in [3.05, 3.63) is 0 Å². The van der Waals surface area contributed by atoms with Crippen molar-refractivity contribution in [3.8, 4) is 0 Å². The van der Waals surface area contributed by atoms with Crippen molar-refractivity contribution < 1.29 is 4.74 Å². The summed E-state index contributed by atoms with van der Waals surface area (Å²) in [5.74, 6) is 0.801. The summed E-state index contributed by atoms with van der Waals surface area (Å²) in [6, 6.07) is 0.618. The Balaban J connectivity index is 1.99. The zero-order chi connectivity index (χ0) is 11.8. The van der Waals surface area contributed by atoms with Gasteiger partial charge in [-0.2, -0.15) is 0 Å². The Labute approximate surface area is 101 Å². The first-order valence-electron chi connectivity index (χ1n) is 6.67. The molecular weight excluding hydrogens is 200 g/mol. The summed E-state index contributed by atoms with van der Waals surface area (Å²) in [6.07, 6.45) is 3.89. The van der Waals surface area contributed by atoms with Crippen molar-refractivity contribution in [1.82, 2.24) is 10.2 Å². The number of piperidine rings is 1. The number of nitrogens with one attached hydrogen (secondary N) is 1. The van der Waals surface area contributed by atoms with Gasteiger partial charge in [0.2, 0.25) is 0 Å². The zero-order valence-electron chi connectivity index (χ0n) is 11.2. The minimum atomic E-state index is 0.618. The van der Waals surface area contributed by atoms with Crippen LogP contribution in [-0.2, 0) is 4.74 Å². The second-order valence-electron chi connectivity index (χ2n) is 5.20. The number of rotatable bonds is 7. The van der Waals surface area contributed by atoms with E-state index in [1.165, 1.54) is 38.9 Å². The zero-order valence-corrected chi connectivity index (χ0v) is 11.2. The molecular formula is C13H28N2O. The average Bonchev–Trinajstić information content (AvgIpc) is 2.27. The Morgan fingerprint density at radius 3 is 2.56 bits per heavy atom. The highest BCUT2D eigenvalue weighted by molar-refractivity contribution is 4.72. The Kier molecular flexibility index (Phi) is 7.01. The van der Waals surface area contributed by atoms with E-state index >= 15 is 0 Å². The normalized spacial score (nSPS) is 19.5. The topological polar surface area (TPSA) is 24.5 Å². The lowest BCUT2D eigenvalue weighted by Crippen LogP contribution is -2.37. The summed E-state index contributed by atoms with van der Waals surface area (Å²) in [5, 5.41) is 3.47. The third-order valence-corrected chi connectivity index (χ3v) is 3.31. The summed E-state index contributed by atoms with van der Waals surface area (Å²) in [5.41, 5.74) is 0. The van der Waals surface area contributed by atoms with Gasteiger partial charge >= 0.3 is 0 Å². The molecule has 1 rings (SSSR count). The fourth-order valence-electron chi connectivity index (χ4n) is 2.31. The van der Waals surface area contributed by atoms with Gasteiger partial charge in [-0.1, -0.05) is 13.8 Å². The van der Waals surface area contributed by atoms with Gasteiger partial charge in [0.1, 0.15) is 0 Å². The van der Waals surface area contributed by atoms with Crippen LogP contribution in [-0.4, -0.2) is 50.8 Å². The number of ether oxygens (including phenoxy) is 1. The molecule has 0 bridgehead atoms. The van der Waals surface area contributed by atoms with Gasteiger partial charge in [0.15, 0.2) is 0 Å². The summed E-state index contributed by atoms with van der Waals surface area (Å²) in [6.45, 7) is 10.3.